The summed E-state index contributed by atoms with van der Waals surface area (Å²) in [5, 5.41) is 0. The maximum absolute atomic E-state index is 5.61. The van der Waals surface area contributed by atoms with E-state index < -0.39 is 0 Å². The van der Waals surface area contributed by atoms with Gasteiger partial charge in [0.05, 0.1) is 0 Å². The largest absolute Gasteiger partial charge is 0.329 e. The minimum Gasteiger partial charge on any atom is -0.329 e. The molecule has 0 bridgehead atoms. The summed E-state index contributed by atoms with van der Waals surface area (Å²) < 4.78 is 0. The topological polar surface area (TPSA) is 29.3 Å². The quantitative estimate of drug-likeness (QED) is 0.640. The van der Waals surface area contributed by atoms with Crippen molar-refractivity contribution in [2.45, 2.75) is 47.0 Å². The van der Waals surface area contributed by atoms with Crippen LogP contribution in [0, 0.1) is 5.41 Å². The Morgan fingerprint density at radius 1 is 1.07 bits per heavy atom. The van der Waals surface area contributed by atoms with E-state index in [0.717, 1.165) is 19.6 Å². The van der Waals surface area contributed by atoms with Crippen LogP contribution in [0.25, 0.3) is 0 Å². The molecule has 0 saturated heterocycles. The maximum Gasteiger partial charge on any atom is 0.0105 e. The zero-order valence-corrected chi connectivity index (χ0v) is 10.5. The molecule has 0 rings (SSSR count). The highest BCUT2D eigenvalue weighted by atomic mass is 15.1. The number of nitrogens with two attached hydrogens (primary N) is 1. The van der Waals surface area contributed by atoms with Gasteiger partial charge in [0.2, 0.25) is 0 Å². The van der Waals surface area contributed by atoms with Gasteiger partial charge in [-0.2, -0.15) is 0 Å². The van der Waals surface area contributed by atoms with Gasteiger partial charge in [-0.15, -0.1) is 0 Å². The van der Waals surface area contributed by atoms with Crippen LogP contribution in [-0.4, -0.2) is 31.1 Å². The van der Waals surface area contributed by atoms with Crippen LogP contribution in [-0.2, 0) is 0 Å². The zero-order valence-electron chi connectivity index (χ0n) is 10.5. The fraction of sp³-hybridized carbons (Fsp3) is 1.00. The Labute approximate surface area is 89.9 Å². The monoisotopic (exact) mass is 200 g/mol. The molecule has 0 unspecified atom stereocenters. The van der Waals surface area contributed by atoms with Gasteiger partial charge in [-0.05, 0) is 18.4 Å². The third-order valence-corrected chi connectivity index (χ3v) is 2.22. The lowest BCUT2D eigenvalue weighted by Gasteiger charge is -2.29. The van der Waals surface area contributed by atoms with Gasteiger partial charge in [0, 0.05) is 19.6 Å². The SMILES string of the molecule is CCCCCN(CCN)CC(C)(C)C. The Bertz CT molecular complexity index is 127. The third kappa shape index (κ3) is 8.52. The molecule has 0 amide bonds. The molecule has 14 heavy (non-hydrogen) atoms. The molecule has 0 atom stereocenters. The van der Waals surface area contributed by atoms with E-state index in [4.69, 9.17) is 5.73 Å². The fourth-order valence-electron chi connectivity index (χ4n) is 1.71. The van der Waals surface area contributed by atoms with E-state index in [2.05, 4.69) is 32.6 Å². The first kappa shape index (κ1) is 13.9. The van der Waals surface area contributed by atoms with Crippen molar-refractivity contribution in [3.8, 4) is 0 Å². The summed E-state index contributed by atoms with van der Waals surface area (Å²) in [6, 6.07) is 0. The van der Waals surface area contributed by atoms with Gasteiger partial charge in [-0.3, -0.25) is 0 Å². The van der Waals surface area contributed by atoms with Crippen LogP contribution in [0.2, 0.25) is 0 Å². The summed E-state index contributed by atoms with van der Waals surface area (Å²) in [5.41, 5.74) is 6.00. The molecule has 2 nitrogen and oxygen atoms in total. The Morgan fingerprint density at radius 2 is 1.71 bits per heavy atom. The first-order valence-electron chi connectivity index (χ1n) is 5.92. The highest BCUT2D eigenvalue weighted by Crippen LogP contribution is 2.15. The zero-order chi connectivity index (χ0) is 11.0. The number of unbranched alkanes of at least 4 members (excludes halogenated alkanes) is 2. The van der Waals surface area contributed by atoms with Crippen LogP contribution in [0.5, 0.6) is 0 Å². The van der Waals surface area contributed by atoms with E-state index in [1.807, 2.05) is 0 Å². The Hall–Kier alpha value is -0.0800. The maximum atomic E-state index is 5.61. The van der Waals surface area contributed by atoms with E-state index >= 15 is 0 Å². The van der Waals surface area contributed by atoms with Crippen LogP contribution < -0.4 is 5.73 Å². The first-order valence-corrected chi connectivity index (χ1v) is 5.92. The number of hydrogen-bond donors (Lipinski definition) is 1. The second kappa shape index (κ2) is 7.24. The van der Waals surface area contributed by atoms with Gasteiger partial charge in [-0.1, -0.05) is 40.5 Å². The van der Waals surface area contributed by atoms with Crippen LogP contribution in [0.4, 0.5) is 0 Å². The van der Waals surface area contributed by atoms with Gasteiger partial charge in [0.25, 0.3) is 0 Å². The molecular weight excluding hydrogens is 172 g/mol. The van der Waals surface area contributed by atoms with E-state index in [-0.39, 0.29) is 0 Å². The number of rotatable bonds is 7. The molecule has 0 aromatic rings. The summed E-state index contributed by atoms with van der Waals surface area (Å²) >= 11 is 0. The van der Waals surface area contributed by atoms with Gasteiger partial charge in [-0.25, -0.2) is 0 Å². The average molecular weight is 200 g/mol. The Kier molecular flexibility index (Phi) is 7.20. The van der Waals surface area contributed by atoms with Crippen LogP contribution in [0.3, 0.4) is 0 Å². The van der Waals surface area contributed by atoms with E-state index in [1.165, 1.54) is 25.8 Å². The van der Waals surface area contributed by atoms with Crippen molar-refractivity contribution in [1.82, 2.24) is 4.90 Å². The normalized spacial score (nSPS) is 12.4. The first-order chi connectivity index (χ1) is 6.49. The summed E-state index contributed by atoms with van der Waals surface area (Å²) in [5.74, 6) is 0. The Morgan fingerprint density at radius 3 is 2.14 bits per heavy atom. The lowest BCUT2D eigenvalue weighted by atomic mass is 9.96. The van der Waals surface area contributed by atoms with Gasteiger partial charge >= 0.3 is 0 Å². The van der Waals surface area contributed by atoms with Gasteiger partial charge < -0.3 is 10.6 Å². The van der Waals surface area contributed by atoms with Crippen molar-refractivity contribution in [1.29, 1.82) is 0 Å². The molecule has 0 aromatic carbocycles. The fourth-order valence-corrected chi connectivity index (χ4v) is 1.71. The molecule has 0 aliphatic rings. The van der Waals surface area contributed by atoms with Crippen molar-refractivity contribution < 1.29 is 0 Å². The summed E-state index contributed by atoms with van der Waals surface area (Å²) in [7, 11) is 0. The lowest BCUT2D eigenvalue weighted by Crippen LogP contribution is -2.37. The molecular formula is C12H28N2. The molecule has 86 valence electrons. The van der Waals surface area contributed by atoms with Gasteiger partial charge in [0.15, 0.2) is 0 Å². The third-order valence-electron chi connectivity index (χ3n) is 2.22. The predicted molar refractivity (Wildman–Crippen MR) is 64.5 cm³/mol. The molecule has 0 heterocycles. The minimum atomic E-state index is 0.390. The lowest BCUT2D eigenvalue weighted by molar-refractivity contribution is 0.192. The molecule has 0 aromatic heterocycles. The average Bonchev–Trinajstić information content (AvgIpc) is 2.02. The van der Waals surface area contributed by atoms with Gasteiger partial charge in [0.1, 0.15) is 0 Å². The predicted octanol–water partition coefficient (Wildman–Crippen LogP) is 2.48. The minimum absolute atomic E-state index is 0.390. The standard InChI is InChI=1S/C12H28N2/c1-5-6-7-9-14(10-8-13)11-12(2,3)4/h5-11,13H2,1-4H3. The second-order valence-corrected chi connectivity index (χ2v) is 5.33. The molecule has 0 fully saturated rings. The van der Waals surface area contributed by atoms with Crippen LogP contribution in [0.15, 0.2) is 0 Å². The Balaban J connectivity index is 3.77. The molecule has 2 heteroatoms. The van der Waals surface area contributed by atoms with E-state index in [0.29, 0.717) is 5.41 Å². The summed E-state index contributed by atoms with van der Waals surface area (Å²) in [6.07, 6.45) is 3.95. The molecule has 0 aliphatic carbocycles. The molecule has 0 aliphatic heterocycles. The highest BCUT2D eigenvalue weighted by Gasteiger charge is 2.15. The van der Waals surface area contributed by atoms with Crippen LogP contribution >= 0.6 is 0 Å². The summed E-state index contributed by atoms with van der Waals surface area (Å²) in [6.45, 7) is 13.3. The van der Waals surface area contributed by atoms with Crippen molar-refractivity contribution in [3.63, 3.8) is 0 Å². The van der Waals surface area contributed by atoms with Crippen molar-refractivity contribution >= 4 is 0 Å². The molecule has 0 saturated carbocycles. The summed E-state index contributed by atoms with van der Waals surface area (Å²) in [4.78, 5) is 2.50. The van der Waals surface area contributed by atoms with Crippen molar-refractivity contribution in [3.05, 3.63) is 0 Å². The second-order valence-electron chi connectivity index (χ2n) is 5.33. The van der Waals surface area contributed by atoms with Crippen molar-refractivity contribution in [2.75, 3.05) is 26.2 Å². The smallest absolute Gasteiger partial charge is 0.0105 e. The highest BCUT2D eigenvalue weighted by molar-refractivity contribution is 4.69. The van der Waals surface area contributed by atoms with Crippen molar-refractivity contribution in [2.24, 2.45) is 11.1 Å². The van der Waals surface area contributed by atoms with Crippen LogP contribution in [0.1, 0.15) is 47.0 Å². The molecule has 0 spiro atoms. The number of nitrogens with zero attached hydrogens (tertiary/aromatic N) is 1. The molecule has 0 radical (unpaired) electrons. The van der Waals surface area contributed by atoms with E-state index in [1.54, 1.807) is 0 Å². The number of hydrogen-bond acceptors (Lipinski definition) is 2. The molecule has 2 N–H and O–H groups in total. The van der Waals surface area contributed by atoms with E-state index in [9.17, 15) is 0 Å².